The molecule has 4 amide bonds. The number of fused-ring (bicyclic) bond motifs is 1. The van der Waals surface area contributed by atoms with Crippen LogP contribution < -0.4 is 16.0 Å². The van der Waals surface area contributed by atoms with Crippen LogP contribution in [0.5, 0.6) is 0 Å². The Hall–Kier alpha value is -2.62. The van der Waals surface area contributed by atoms with Gasteiger partial charge < -0.3 is 20.9 Å². The van der Waals surface area contributed by atoms with Crippen LogP contribution in [0.25, 0.3) is 0 Å². The van der Waals surface area contributed by atoms with E-state index in [1.807, 2.05) is 19.1 Å². The van der Waals surface area contributed by atoms with Crippen LogP contribution in [0.2, 0.25) is 0 Å². The highest BCUT2D eigenvalue weighted by molar-refractivity contribution is 7.90. The van der Waals surface area contributed by atoms with Crippen LogP contribution in [0, 0.1) is 6.92 Å². The van der Waals surface area contributed by atoms with E-state index in [-0.39, 0.29) is 24.0 Å². The lowest BCUT2D eigenvalue weighted by atomic mass is 10.0. The van der Waals surface area contributed by atoms with Crippen molar-refractivity contribution in [2.75, 3.05) is 23.9 Å². The van der Waals surface area contributed by atoms with Crippen molar-refractivity contribution in [2.24, 2.45) is 0 Å². The molecule has 0 aliphatic carbocycles. The molecule has 0 radical (unpaired) electrons. The number of sulfone groups is 1. The van der Waals surface area contributed by atoms with E-state index in [9.17, 15) is 22.8 Å². The third kappa shape index (κ3) is 4.61. The average molecular weight is 408 g/mol. The zero-order valence-corrected chi connectivity index (χ0v) is 16.6. The van der Waals surface area contributed by atoms with Crippen molar-refractivity contribution in [1.82, 2.24) is 15.5 Å². The summed E-state index contributed by atoms with van der Waals surface area (Å²) >= 11 is 0. The van der Waals surface area contributed by atoms with Gasteiger partial charge in [0.2, 0.25) is 11.8 Å². The monoisotopic (exact) mass is 408 g/mol. The number of carbonyl (C=O) groups is 3. The highest BCUT2D eigenvalue weighted by atomic mass is 32.2. The second kappa shape index (κ2) is 7.78. The molecule has 2 fully saturated rings. The molecule has 2 heterocycles. The van der Waals surface area contributed by atoms with Gasteiger partial charge in [0.1, 0.15) is 21.9 Å². The van der Waals surface area contributed by atoms with Crippen LogP contribution in [-0.2, 0) is 19.4 Å². The molecule has 2 aliphatic rings. The van der Waals surface area contributed by atoms with Crippen LogP contribution in [0.15, 0.2) is 24.3 Å². The van der Waals surface area contributed by atoms with E-state index in [4.69, 9.17) is 0 Å². The van der Waals surface area contributed by atoms with E-state index in [1.54, 1.807) is 12.1 Å². The average Bonchev–Trinajstić information content (AvgIpc) is 3.02. The quantitative estimate of drug-likeness (QED) is 0.633. The molecular formula is C18H24N4O5S. The molecule has 3 unspecified atom stereocenters. The minimum atomic E-state index is -3.23. The van der Waals surface area contributed by atoms with Crippen LogP contribution in [0.3, 0.4) is 0 Å². The molecule has 10 heteroatoms. The molecular weight excluding hydrogens is 384 g/mol. The van der Waals surface area contributed by atoms with Crippen molar-refractivity contribution < 1.29 is 22.8 Å². The summed E-state index contributed by atoms with van der Waals surface area (Å²) in [5.41, 5.74) is 1.70. The minimum absolute atomic E-state index is 0.0403. The number of carbonyl (C=O) groups excluding carboxylic acids is 3. The lowest BCUT2D eigenvalue weighted by Crippen LogP contribution is -2.65. The molecule has 3 N–H and O–H groups in total. The fraction of sp³-hybridized carbons (Fsp3) is 0.500. The Morgan fingerprint density at radius 1 is 1.25 bits per heavy atom. The van der Waals surface area contributed by atoms with Crippen LogP contribution in [0.4, 0.5) is 10.5 Å². The number of amides is 4. The van der Waals surface area contributed by atoms with E-state index in [1.165, 1.54) is 4.90 Å². The first-order chi connectivity index (χ1) is 13.1. The topological polar surface area (TPSA) is 125 Å². The van der Waals surface area contributed by atoms with E-state index in [0.29, 0.717) is 18.7 Å². The van der Waals surface area contributed by atoms with Gasteiger partial charge in [0, 0.05) is 18.5 Å². The highest BCUT2D eigenvalue weighted by Gasteiger charge is 2.48. The molecule has 3 rings (SSSR count). The van der Waals surface area contributed by atoms with Crippen molar-refractivity contribution in [3.63, 3.8) is 0 Å². The summed E-state index contributed by atoms with van der Waals surface area (Å²) in [4.78, 5) is 38.8. The molecule has 9 nitrogen and oxygen atoms in total. The van der Waals surface area contributed by atoms with Gasteiger partial charge in [-0.15, -0.1) is 0 Å². The Labute approximate surface area is 163 Å². The maximum atomic E-state index is 12.6. The predicted molar refractivity (Wildman–Crippen MR) is 103 cm³/mol. The van der Waals surface area contributed by atoms with Crippen molar-refractivity contribution >= 4 is 33.4 Å². The lowest BCUT2D eigenvalue weighted by molar-refractivity contribution is -0.147. The van der Waals surface area contributed by atoms with Crippen molar-refractivity contribution in [2.45, 2.75) is 37.9 Å². The summed E-state index contributed by atoms with van der Waals surface area (Å²) in [7, 11) is -3.23. The first kappa shape index (κ1) is 20.1. The molecule has 28 heavy (non-hydrogen) atoms. The molecule has 0 bridgehead atoms. The number of rotatable bonds is 5. The van der Waals surface area contributed by atoms with Crippen LogP contribution in [-0.4, -0.2) is 67.8 Å². The minimum Gasteiger partial charge on any atom is -0.342 e. The lowest BCUT2D eigenvalue weighted by Gasteiger charge is -2.36. The van der Waals surface area contributed by atoms with E-state index in [2.05, 4.69) is 16.0 Å². The summed E-state index contributed by atoms with van der Waals surface area (Å²) < 4.78 is 22.7. The van der Waals surface area contributed by atoms with Gasteiger partial charge in [-0.2, -0.15) is 0 Å². The smallest absolute Gasteiger partial charge is 0.319 e. The fourth-order valence-electron chi connectivity index (χ4n) is 3.53. The molecule has 2 aliphatic heterocycles. The molecule has 152 valence electrons. The first-order valence-electron chi connectivity index (χ1n) is 9.07. The van der Waals surface area contributed by atoms with Gasteiger partial charge in [0.25, 0.3) is 0 Å². The van der Waals surface area contributed by atoms with Gasteiger partial charge >= 0.3 is 6.03 Å². The van der Waals surface area contributed by atoms with E-state index in [0.717, 1.165) is 11.8 Å². The van der Waals surface area contributed by atoms with Crippen molar-refractivity contribution in [3.05, 3.63) is 29.8 Å². The summed E-state index contributed by atoms with van der Waals surface area (Å²) in [6.45, 7) is 2.28. The van der Waals surface area contributed by atoms with E-state index < -0.39 is 34.0 Å². The number of aryl methyl sites for hydroxylation is 1. The summed E-state index contributed by atoms with van der Waals surface area (Å²) in [6, 6.07) is 4.70. The maximum absolute atomic E-state index is 12.6. The molecule has 1 aromatic rings. The number of anilines is 1. The predicted octanol–water partition coefficient (Wildman–Crippen LogP) is 0.0191. The Bertz CT molecular complexity index is 884. The zero-order valence-electron chi connectivity index (χ0n) is 15.8. The Morgan fingerprint density at radius 3 is 2.57 bits per heavy atom. The molecule has 0 saturated carbocycles. The molecule has 3 atom stereocenters. The van der Waals surface area contributed by atoms with Gasteiger partial charge in [-0.3, -0.25) is 9.59 Å². The third-order valence-electron chi connectivity index (χ3n) is 4.97. The molecule has 0 spiro atoms. The fourth-order valence-corrected chi connectivity index (χ4v) is 4.20. The first-order valence-corrected chi connectivity index (χ1v) is 11.1. The van der Waals surface area contributed by atoms with Gasteiger partial charge in [-0.1, -0.05) is 17.7 Å². The second-order valence-electron chi connectivity index (χ2n) is 7.32. The van der Waals surface area contributed by atoms with Gasteiger partial charge in [-0.25, -0.2) is 13.2 Å². The number of hydrogen-bond donors (Lipinski definition) is 3. The second-order valence-corrected chi connectivity index (χ2v) is 9.58. The largest absolute Gasteiger partial charge is 0.342 e. The Morgan fingerprint density at radius 2 is 1.93 bits per heavy atom. The SMILES string of the molecule is Cc1ccc(NC(=O)NC2CCN3C(=O)C(CCS(C)(=O)=O)NC(=O)C23)cc1. The summed E-state index contributed by atoms with van der Waals surface area (Å²) in [6.07, 6.45) is 1.58. The van der Waals surface area contributed by atoms with Crippen molar-refractivity contribution in [1.29, 1.82) is 0 Å². The molecule has 1 aromatic carbocycles. The number of benzene rings is 1. The van der Waals surface area contributed by atoms with Crippen LogP contribution >= 0.6 is 0 Å². The number of urea groups is 1. The third-order valence-corrected chi connectivity index (χ3v) is 5.94. The number of nitrogens with one attached hydrogen (secondary N) is 3. The number of hydrogen-bond acceptors (Lipinski definition) is 5. The molecule has 2 saturated heterocycles. The highest BCUT2D eigenvalue weighted by Crippen LogP contribution is 2.24. The van der Waals surface area contributed by atoms with Gasteiger partial charge in [0.05, 0.1) is 11.8 Å². The van der Waals surface area contributed by atoms with Gasteiger partial charge in [-0.05, 0) is 31.9 Å². The Kier molecular flexibility index (Phi) is 5.59. The summed E-state index contributed by atoms with van der Waals surface area (Å²) in [5.74, 6) is -0.865. The maximum Gasteiger partial charge on any atom is 0.319 e. The number of piperazine rings is 1. The van der Waals surface area contributed by atoms with E-state index >= 15 is 0 Å². The molecule has 0 aromatic heterocycles. The number of nitrogens with zero attached hydrogens (tertiary/aromatic N) is 1. The van der Waals surface area contributed by atoms with Crippen molar-refractivity contribution in [3.8, 4) is 0 Å². The standard InChI is InChI=1S/C18H24N4O5S/c1-11-3-5-12(6-4-11)19-18(25)21-13-7-9-22-15(13)16(23)20-14(17(22)24)8-10-28(2,26)27/h3-6,13-15H,7-10H2,1-2H3,(H,20,23)(H2,19,21,25). The zero-order chi connectivity index (χ0) is 20.5. The van der Waals surface area contributed by atoms with Crippen LogP contribution in [0.1, 0.15) is 18.4 Å². The Balaban J connectivity index is 1.61. The van der Waals surface area contributed by atoms with Gasteiger partial charge in [0.15, 0.2) is 0 Å². The normalized spacial score (nSPS) is 24.5. The summed E-state index contributed by atoms with van der Waals surface area (Å²) in [5, 5.41) is 8.08.